The summed E-state index contributed by atoms with van der Waals surface area (Å²) in [4.78, 5) is 23.7. The van der Waals surface area contributed by atoms with Crippen LogP contribution in [0.1, 0.15) is 18.5 Å². The highest BCUT2D eigenvalue weighted by molar-refractivity contribution is 6.35. The van der Waals surface area contributed by atoms with Crippen molar-refractivity contribution in [1.82, 2.24) is 10.6 Å². The Labute approximate surface area is 150 Å². The van der Waals surface area contributed by atoms with E-state index >= 15 is 0 Å². The first-order chi connectivity index (χ1) is 11.5. The molecule has 0 unspecified atom stereocenters. The number of benzene rings is 2. The molecule has 5 nitrogen and oxygen atoms in total. The molecular formula is C17H17Cl2N3O2. The van der Waals surface area contributed by atoms with Crippen LogP contribution in [0.25, 0.3) is 0 Å². The molecular weight excluding hydrogens is 349 g/mol. The van der Waals surface area contributed by atoms with E-state index in [4.69, 9.17) is 23.2 Å². The van der Waals surface area contributed by atoms with Gasteiger partial charge in [0.05, 0.1) is 12.6 Å². The molecule has 7 heteroatoms. The molecule has 0 bridgehead atoms. The van der Waals surface area contributed by atoms with Crippen LogP contribution < -0.4 is 16.0 Å². The molecule has 1 atom stereocenters. The van der Waals surface area contributed by atoms with Gasteiger partial charge in [-0.15, -0.1) is 0 Å². The summed E-state index contributed by atoms with van der Waals surface area (Å²) in [5, 5.41) is 8.90. The monoisotopic (exact) mass is 365 g/mol. The Morgan fingerprint density at radius 1 is 1.08 bits per heavy atom. The Morgan fingerprint density at radius 2 is 1.79 bits per heavy atom. The average molecular weight is 366 g/mol. The van der Waals surface area contributed by atoms with Gasteiger partial charge in [0.2, 0.25) is 5.91 Å². The van der Waals surface area contributed by atoms with Gasteiger partial charge in [-0.3, -0.25) is 4.79 Å². The summed E-state index contributed by atoms with van der Waals surface area (Å²) < 4.78 is 0. The van der Waals surface area contributed by atoms with Crippen molar-refractivity contribution in [1.29, 1.82) is 0 Å². The zero-order valence-corrected chi connectivity index (χ0v) is 14.5. The summed E-state index contributed by atoms with van der Waals surface area (Å²) >= 11 is 12.0. The minimum atomic E-state index is -0.450. The van der Waals surface area contributed by atoms with Crippen LogP contribution in [0.3, 0.4) is 0 Å². The Bertz CT molecular complexity index is 723. The summed E-state index contributed by atoms with van der Waals surface area (Å²) in [6.45, 7) is 1.66. The summed E-state index contributed by atoms with van der Waals surface area (Å²) in [5.41, 5.74) is 1.40. The van der Waals surface area contributed by atoms with Gasteiger partial charge in [0, 0.05) is 15.7 Å². The number of nitrogens with one attached hydrogen (secondary N) is 3. The third-order valence-electron chi connectivity index (χ3n) is 3.25. The van der Waals surface area contributed by atoms with E-state index in [0.29, 0.717) is 15.7 Å². The second kappa shape index (κ2) is 8.57. The van der Waals surface area contributed by atoms with Crippen LogP contribution in [-0.2, 0) is 4.79 Å². The van der Waals surface area contributed by atoms with E-state index in [0.717, 1.165) is 5.56 Å². The smallest absolute Gasteiger partial charge is 0.319 e. The number of halogens is 2. The van der Waals surface area contributed by atoms with Crippen LogP contribution in [0.4, 0.5) is 10.5 Å². The molecule has 0 spiro atoms. The molecule has 0 aliphatic carbocycles. The maximum atomic E-state index is 11.9. The molecule has 0 fully saturated rings. The number of anilines is 1. The van der Waals surface area contributed by atoms with Gasteiger partial charge in [-0.1, -0.05) is 47.5 Å². The van der Waals surface area contributed by atoms with E-state index in [9.17, 15) is 9.59 Å². The Hall–Kier alpha value is -2.24. The summed E-state index contributed by atoms with van der Waals surface area (Å²) in [6, 6.07) is 13.3. The van der Waals surface area contributed by atoms with E-state index in [2.05, 4.69) is 16.0 Å². The van der Waals surface area contributed by atoms with E-state index in [-0.39, 0.29) is 18.5 Å². The fourth-order valence-corrected chi connectivity index (χ4v) is 2.65. The lowest BCUT2D eigenvalue weighted by Gasteiger charge is -2.16. The molecule has 126 valence electrons. The number of para-hydroxylation sites is 1. The molecule has 0 saturated heterocycles. The van der Waals surface area contributed by atoms with Crippen molar-refractivity contribution in [3.05, 3.63) is 64.1 Å². The number of rotatable bonds is 5. The lowest BCUT2D eigenvalue weighted by Crippen LogP contribution is -2.39. The first kappa shape index (κ1) is 18.1. The highest BCUT2D eigenvalue weighted by Crippen LogP contribution is 2.25. The fraction of sp³-hybridized carbons (Fsp3) is 0.176. The Morgan fingerprint density at radius 3 is 2.46 bits per heavy atom. The second-order valence-electron chi connectivity index (χ2n) is 5.13. The Balaban J connectivity index is 1.81. The van der Waals surface area contributed by atoms with Gasteiger partial charge >= 0.3 is 6.03 Å². The zero-order valence-electron chi connectivity index (χ0n) is 13.0. The molecule has 2 aromatic rings. The van der Waals surface area contributed by atoms with Crippen LogP contribution in [0.2, 0.25) is 10.0 Å². The van der Waals surface area contributed by atoms with Crippen molar-refractivity contribution in [2.24, 2.45) is 0 Å². The Kier molecular flexibility index (Phi) is 6.46. The first-order valence-electron chi connectivity index (χ1n) is 7.30. The summed E-state index contributed by atoms with van der Waals surface area (Å²) in [5.74, 6) is -0.322. The van der Waals surface area contributed by atoms with Crippen LogP contribution >= 0.6 is 23.2 Å². The molecule has 3 amide bonds. The minimum Gasteiger partial charge on any atom is -0.348 e. The van der Waals surface area contributed by atoms with Gasteiger partial charge in [0.15, 0.2) is 0 Å². The predicted molar refractivity (Wildman–Crippen MR) is 96.5 cm³/mol. The van der Waals surface area contributed by atoms with Crippen molar-refractivity contribution in [3.8, 4) is 0 Å². The molecule has 24 heavy (non-hydrogen) atoms. The van der Waals surface area contributed by atoms with E-state index in [1.807, 2.05) is 6.07 Å². The molecule has 2 aromatic carbocycles. The van der Waals surface area contributed by atoms with Crippen molar-refractivity contribution >= 4 is 40.8 Å². The number of urea groups is 1. The number of hydrogen-bond donors (Lipinski definition) is 3. The number of hydrogen-bond acceptors (Lipinski definition) is 2. The van der Waals surface area contributed by atoms with Crippen molar-refractivity contribution < 1.29 is 9.59 Å². The summed E-state index contributed by atoms with van der Waals surface area (Å²) in [6.07, 6.45) is 0. The fourth-order valence-electron chi connectivity index (χ4n) is 2.08. The molecule has 0 radical (unpaired) electrons. The summed E-state index contributed by atoms with van der Waals surface area (Å²) in [7, 11) is 0. The third kappa shape index (κ3) is 5.44. The quantitative estimate of drug-likeness (QED) is 0.749. The highest BCUT2D eigenvalue weighted by Gasteiger charge is 2.13. The molecule has 0 saturated carbocycles. The standard InChI is InChI=1S/C17H17Cl2N3O2/c1-11(14-8-7-12(18)9-15(14)19)21-16(23)10-20-17(24)22-13-5-3-2-4-6-13/h2-9,11H,10H2,1H3,(H,21,23)(H2,20,22,24)/t11-/m0/s1. The van der Waals surface area contributed by atoms with Crippen LogP contribution in [0.15, 0.2) is 48.5 Å². The van der Waals surface area contributed by atoms with Crippen molar-refractivity contribution in [3.63, 3.8) is 0 Å². The first-order valence-corrected chi connectivity index (χ1v) is 8.05. The molecule has 2 rings (SSSR count). The molecule has 0 aliphatic heterocycles. The van der Waals surface area contributed by atoms with Gasteiger partial charge in [0.25, 0.3) is 0 Å². The lowest BCUT2D eigenvalue weighted by atomic mass is 10.1. The normalized spacial score (nSPS) is 11.5. The van der Waals surface area contributed by atoms with E-state index < -0.39 is 6.03 Å². The zero-order chi connectivity index (χ0) is 17.5. The molecule has 3 N–H and O–H groups in total. The van der Waals surface area contributed by atoms with Gasteiger partial charge < -0.3 is 16.0 Å². The predicted octanol–water partition coefficient (Wildman–Crippen LogP) is 3.99. The van der Waals surface area contributed by atoms with Crippen LogP contribution in [0.5, 0.6) is 0 Å². The molecule has 0 aromatic heterocycles. The SMILES string of the molecule is C[C@H](NC(=O)CNC(=O)Nc1ccccc1)c1ccc(Cl)cc1Cl. The highest BCUT2D eigenvalue weighted by atomic mass is 35.5. The largest absolute Gasteiger partial charge is 0.348 e. The molecule has 0 heterocycles. The van der Waals surface area contributed by atoms with Gasteiger partial charge in [-0.05, 0) is 36.8 Å². The van der Waals surface area contributed by atoms with E-state index in [1.165, 1.54) is 0 Å². The maximum Gasteiger partial charge on any atom is 0.319 e. The number of amides is 3. The van der Waals surface area contributed by atoms with Gasteiger partial charge in [0.1, 0.15) is 0 Å². The second-order valence-corrected chi connectivity index (χ2v) is 5.97. The van der Waals surface area contributed by atoms with E-state index in [1.54, 1.807) is 49.4 Å². The van der Waals surface area contributed by atoms with Crippen molar-refractivity contribution in [2.75, 3.05) is 11.9 Å². The minimum absolute atomic E-state index is 0.145. The van der Waals surface area contributed by atoms with Gasteiger partial charge in [-0.2, -0.15) is 0 Å². The maximum absolute atomic E-state index is 11.9. The topological polar surface area (TPSA) is 70.2 Å². The number of carbonyl (C=O) groups is 2. The van der Waals surface area contributed by atoms with Crippen LogP contribution in [0, 0.1) is 0 Å². The number of carbonyl (C=O) groups excluding carboxylic acids is 2. The van der Waals surface area contributed by atoms with Crippen LogP contribution in [-0.4, -0.2) is 18.5 Å². The van der Waals surface area contributed by atoms with Gasteiger partial charge in [-0.25, -0.2) is 4.79 Å². The third-order valence-corrected chi connectivity index (χ3v) is 3.81. The van der Waals surface area contributed by atoms with Crippen molar-refractivity contribution in [2.45, 2.75) is 13.0 Å². The lowest BCUT2D eigenvalue weighted by molar-refractivity contribution is -0.120. The average Bonchev–Trinajstić information content (AvgIpc) is 2.53. The molecule has 0 aliphatic rings.